The van der Waals surface area contributed by atoms with Crippen LogP contribution in [-0.2, 0) is 0 Å². The molecule has 1 saturated carbocycles. The zero-order valence-corrected chi connectivity index (χ0v) is 11.8. The summed E-state index contributed by atoms with van der Waals surface area (Å²) in [5.74, 6) is 2.08. The van der Waals surface area contributed by atoms with E-state index in [9.17, 15) is 4.79 Å². The van der Waals surface area contributed by atoms with Gasteiger partial charge in [0.2, 0.25) is 0 Å². The smallest absolute Gasteiger partial charge is 0.254 e. The fraction of sp³-hybridized carbons (Fsp3) is 0.615. The molecule has 1 fully saturated rings. The quantitative estimate of drug-likeness (QED) is 0.871. The molecule has 4 heteroatoms. The third kappa shape index (κ3) is 3.12. The number of carbonyl (C=O) groups excluding carboxylic acids is 1. The predicted octanol–water partition coefficient (Wildman–Crippen LogP) is 3.19. The van der Waals surface area contributed by atoms with Crippen LogP contribution >= 0.6 is 15.9 Å². The number of amides is 1. The average molecular weight is 300 g/mol. The number of carbonyl (C=O) groups is 1. The van der Waals surface area contributed by atoms with Crippen molar-refractivity contribution in [3.63, 3.8) is 0 Å². The first-order valence-corrected chi connectivity index (χ1v) is 6.97. The third-order valence-corrected chi connectivity index (χ3v) is 4.15. The van der Waals surface area contributed by atoms with Crippen molar-refractivity contribution in [3.8, 4) is 0 Å². The van der Waals surface area contributed by atoms with E-state index < -0.39 is 0 Å². The fourth-order valence-electron chi connectivity index (χ4n) is 2.39. The summed E-state index contributed by atoms with van der Waals surface area (Å²) in [6, 6.07) is 1.80. The van der Waals surface area contributed by atoms with Crippen molar-refractivity contribution >= 4 is 21.8 Å². The van der Waals surface area contributed by atoms with Gasteiger partial charge in [0.15, 0.2) is 0 Å². The van der Waals surface area contributed by atoms with Crippen LogP contribution in [0, 0.1) is 19.8 Å². The molecule has 0 bridgehead atoms. The second-order valence-corrected chi connectivity index (χ2v) is 6.11. The number of nitrogens with one attached hydrogen (secondary N) is 1. The van der Waals surface area contributed by atoms with Crippen molar-refractivity contribution < 1.29 is 9.21 Å². The van der Waals surface area contributed by atoms with Gasteiger partial charge in [-0.1, -0.05) is 15.9 Å². The van der Waals surface area contributed by atoms with Gasteiger partial charge in [-0.2, -0.15) is 0 Å². The Morgan fingerprint density at radius 3 is 2.82 bits per heavy atom. The fourth-order valence-corrected chi connectivity index (χ4v) is 3.18. The maximum atomic E-state index is 11.9. The number of rotatable bonds is 3. The van der Waals surface area contributed by atoms with E-state index in [2.05, 4.69) is 21.2 Å². The molecule has 1 aliphatic carbocycles. The topological polar surface area (TPSA) is 42.2 Å². The van der Waals surface area contributed by atoms with Gasteiger partial charge < -0.3 is 9.73 Å². The van der Waals surface area contributed by atoms with Crippen LogP contribution in [0.4, 0.5) is 0 Å². The number of furan rings is 1. The van der Waals surface area contributed by atoms with E-state index in [1.54, 1.807) is 6.07 Å². The first kappa shape index (κ1) is 12.7. The zero-order valence-electron chi connectivity index (χ0n) is 10.3. The monoisotopic (exact) mass is 299 g/mol. The minimum atomic E-state index is -0.0163. The lowest BCUT2D eigenvalue weighted by Gasteiger charge is -2.10. The lowest BCUT2D eigenvalue weighted by Crippen LogP contribution is -2.28. The predicted molar refractivity (Wildman–Crippen MR) is 70.6 cm³/mol. The summed E-state index contributed by atoms with van der Waals surface area (Å²) < 4.78 is 5.36. The Balaban J connectivity index is 1.87. The molecule has 0 aliphatic heterocycles. The van der Waals surface area contributed by atoms with E-state index in [1.807, 2.05) is 13.8 Å². The van der Waals surface area contributed by atoms with Gasteiger partial charge in [-0.05, 0) is 45.1 Å². The second kappa shape index (κ2) is 5.25. The van der Waals surface area contributed by atoms with Crippen molar-refractivity contribution in [2.45, 2.75) is 37.9 Å². The summed E-state index contributed by atoms with van der Waals surface area (Å²) in [4.78, 5) is 12.6. The Kier molecular flexibility index (Phi) is 3.92. The minimum Gasteiger partial charge on any atom is -0.466 e. The number of alkyl halides is 1. The van der Waals surface area contributed by atoms with Gasteiger partial charge >= 0.3 is 0 Å². The van der Waals surface area contributed by atoms with Crippen molar-refractivity contribution in [2.75, 3.05) is 6.54 Å². The Morgan fingerprint density at radius 2 is 2.29 bits per heavy atom. The Morgan fingerprint density at radius 1 is 1.53 bits per heavy atom. The highest BCUT2D eigenvalue weighted by Crippen LogP contribution is 2.30. The zero-order chi connectivity index (χ0) is 12.4. The van der Waals surface area contributed by atoms with Crippen LogP contribution in [0.1, 0.15) is 41.1 Å². The Hall–Kier alpha value is -0.770. The normalized spacial score (nSPS) is 23.9. The van der Waals surface area contributed by atoms with Crippen LogP contribution in [0.2, 0.25) is 0 Å². The van der Waals surface area contributed by atoms with E-state index in [1.165, 1.54) is 12.8 Å². The molecule has 0 aromatic carbocycles. The van der Waals surface area contributed by atoms with Gasteiger partial charge in [-0.3, -0.25) is 4.79 Å². The molecule has 2 rings (SSSR count). The number of hydrogen-bond donors (Lipinski definition) is 1. The summed E-state index contributed by atoms with van der Waals surface area (Å²) in [6.45, 7) is 4.45. The lowest BCUT2D eigenvalue weighted by molar-refractivity contribution is 0.0946. The highest BCUT2D eigenvalue weighted by Gasteiger charge is 2.23. The Bertz CT molecular complexity index is 414. The van der Waals surface area contributed by atoms with E-state index in [4.69, 9.17) is 4.42 Å². The van der Waals surface area contributed by atoms with E-state index >= 15 is 0 Å². The molecule has 1 aromatic rings. The van der Waals surface area contributed by atoms with Crippen molar-refractivity contribution in [3.05, 3.63) is 23.2 Å². The molecule has 94 valence electrons. The molecule has 1 aromatic heterocycles. The average Bonchev–Trinajstić information content (AvgIpc) is 2.81. The van der Waals surface area contributed by atoms with E-state index in [0.29, 0.717) is 22.1 Å². The van der Waals surface area contributed by atoms with Crippen LogP contribution in [0.25, 0.3) is 0 Å². The van der Waals surface area contributed by atoms with Crippen molar-refractivity contribution in [2.24, 2.45) is 5.92 Å². The first-order valence-electron chi connectivity index (χ1n) is 6.05. The third-order valence-electron chi connectivity index (χ3n) is 3.31. The van der Waals surface area contributed by atoms with Crippen LogP contribution in [0.15, 0.2) is 10.5 Å². The number of halogens is 1. The molecular formula is C13H18BrNO2. The summed E-state index contributed by atoms with van der Waals surface area (Å²) in [7, 11) is 0. The summed E-state index contributed by atoms with van der Waals surface area (Å²) in [6.07, 6.45) is 3.56. The molecule has 17 heavy (non-hydrogen) atoms. The molecule has 1 aliphatic rings. The van der Waals surface area contributed by atoms with Gasteiger partial charge in [0.1, 0.15) is 11.5 Å². The largest absolute Gasteiger partial charge is 0.466 e. The molecule has 2 unspecified atom stereocenters. The van der Waals surface area contributed by atoms with Gasteiger partial charge in [-0.25, -0.2) is 0 Å². The molecule has 0 spiro atoms. The van der Waals surface area contributed by atoms with E-state index in [-0.39, 0.29) is 5.91 Å². The molecule has 0 radical (unpaired) electrons. The van der Waals surface area contributed by atoms with Crippen molar-refractivity contribution in [1.29, 1.82) is 0 Å². The van der Waals surface area contributed by atoms with Crippen LogP contribution in [-0.4, -0.2) is 17.3 Å². The van der Waals surface area contributed by atoms with Gasteiger partial charge in [0.25, 0.3) is 5.91 Å². The minimum absolute atomic E-state index is 0.0163. The standard InChI is InChI=1S/C13H18BrNO2/c1-8-5-12(9(2)17-8)13(16)15-7-10-3-4-11(14)6-10/h5,10-11H,3-4,6-7H2,1-2H3,(H,15,16). The molecule has 2 atom stereocenters. The summed E-state index contributed by atoms with van der Waals surface area (Å²) >= 11 is 3.62. The maximum absolute atomic E-state index is 11.9. The lowest BCUT2D eigenvalue weighted by atomic mass is 10.1. The van der Waals surface area contributed by atoms with Crippen LogP contribution in [0.5, 0.6) is 0 Å². The molecule has 1 N–H and O–H groups in total. The van der Waals surface area contributed by atoms with Crippen LogP contribution in [0.3, 0.4) is 0 Å². The molecule has 1 heterocycles. The van der Waals surface area contributed by atoms with Gasteiger partial charge in [0, 0.05) is 11.4 Å². The molecular weight excluding hydrogens is 282 g/mol. The molecule has 1 amide bonds. The maximum Gasteiger partial charge on any atom is 0.254 e. The van der Waals surface area contributed by atoms with Crippen LogP contribution < -0.4 is 5.32 Å². The SMILES string of the molecule is Cc1cc(C(=O)NCC2CCC(Br)C2)c(C)o1. The molecule has 0 saturated heterocycles. The second-order valence-electron chi connectivity index (χ2n) is 4.81. The van der Waals surface area contributed by atoms with Gasteiger partial charge in [0.05, 0.1) is 5.56 Å². The summed E-state index contributed by atoms with van der Waals surface area (Å²) in [5, 5.41) is 3.00. The number of aryl methyl sites for hydroxylation is 2. The Labute approximate surface area is 110 Å². The van der Waals surface area contributed by atoms with Crippen molar-refractivity contribution in [1.82, 2.24) is 5.32 Å². The number of hydrogen-bond acceptors (Lipinski definition) is 2. The summed E-state index contributed by atoms with van der Waals surface area (Å²) in [5.41, 5.74) is 0.663. The van der Waals surface area contributed by atoms with Gasteiger partial charge in [-0.15, -0.1) is 0 Å². The highest BCUT2D eigenvalue weighted by molar-refractivity contribution is 9.09. The molecule has 3 nitrogen and oxygen atoms in total. The van der Waals surface area contributed by atoms with E-state index in [0.717, 1.165) is 18.7 Å². The highest BCUT2D eigenvalue weighted by atomic mass is 79.9. The first-order chi connectivity index (χ1) is 8.06.